The Balaban J connectivity index is 1.73. The summed E-state index contributed by atoms with van der Waals surface area (Å²) in [5.41, 5.74) is 4.33. The molecule has 1 atom stereocenters. The molecular formula is C25H26N2O4. The average Bonchev–Trinajstić information content (AvgIpc) is 3.62. The number of fused-ring (bicyclic) bond motifs is 2. The second kappa shape index (κ2) is 7.45. The SMILES string of the molecule is COc1cc2c(cc1OC)[C@@H](c1cc3cc(C)ccc3[nH]c1=O)N(C(=O)C1CC1)CC2. The van der Waals surface area contributed by atoms with E-state index in [-0.39, 0.29) is 17.4 Å². The van der Waals surface area contributed by atoms with Crippen LogP contribution in [0.2, 0.25) is 0 Å². The van der Waals surface area contributed by atoms with Crippen molar-refractivity contribution in [3.8, 4) is 11.5 Å². The number of hydrogen-bond acceptors (Lipinski definition) is 4. The summed E-state index contributed by atoms with van der Waals surface area (Å²) in [5.74, 6) is 1.46. The minimum atomic E-state index is -0.453. The number of carbonyl (C=O) groups is 1. The number of nitrogens with zero attached hydrogens (tertiary/aromatic N) is 1. The zero-order valence-electron chi connectivity index (χ0n) is 18.0. The van der Waals surface area contributed by atoms with E-state index in [1.165, 1.54) is 0 Å². The molecule has 0 saturated heterocycles. The number of amides is 1. The molecule has 3 aromatic rings. The van der Waals surface area contributed by atoms with E-state index in [1.807, 2.05) is 42.2 Å². The van der Waals surface area contributed by atoms with E-state index < -0.39 is 6.04 Å². The molecule has 2 aliphatic rings. The van der Waals surface area contributed by atoms with Crippen LogP contribution in [0.25, 0.3) is 10.9 Å². The van der Waals surface area contributed by atoms with Gasteiger partial charge < -0.3 is 19.4 Å². The quantitative estimate of drug-likeness (QED) is 0.701. The van der Waals surface area contributed by atoms with Gasteiger partial charge in [-0.25, -0.2) is 0 Å². The van der Waals surface area contributed by atoms with Crippen LogP contribution in [0.4, 0.5) is 0 Å². The number of aryl methyl sites for hydroxylation is 1. The molecule has 0 radical (unpaired) electrons. The normalized spacial score (nSPS) is 18.0. The minimum absolute atomic E-state index is 0.0750. The van der Waals surface area contributed by atoms with Crippen molar-refractivity contribution in [2.45, 2.75) is 32.2 Å². The molecule has 1 amide bonds. The number of nitrogens with one attached hydrogen (secondary N) is 1. The number of H-pyrrole nitrogens is 1. The fraction of sp³-hybridized carbons (Fsp3) is 0.360. The van der Waals surface area contributed by atoms with Gasteiger partial charge >= 0.3 is 0 Å². The Kier molecular flexibility index (Phi) is 4.73. The number of aromatic nitrogens is 1. The number of carbonyl (C=O) groups excluding carboxylic acids is 1. The Morgan fingerprint density at radius 2 is 1.77 bits per heavy atom. The van der Waals surface area contributed by atoms with Crippen molar-refractivity contribution in [2.75, 3.05) is 20.8 Å². The number of pyridine rings is 1. The Bertz CT molecular complexity index is 1240. The lowest BCUT2D eigenvalue weighted by molar-refractivity contribution is -0.134. The van der Waals surface area contributed by atoms with Crippen LogP contribution in [0.15, 0.2) is 41.2 Å². The number of methoxy groups -OCH3 is 2. The molecular weight excluding hydrogens is 392 g/mol. The predicted molar refractivity (Wildman–Crippen MR) is 119 cm³/mol. The minimum Gasteiger partial charge on any atom is -0.493 e. The summed E-state index contributed by atoms with van der Waals surface area (Å²) in [6, 6.07) is 11.3. The zero-order valence-corrected chi connectivity index (χ0v) is 18.0. The predicted octanol–water partition coefficient (Wildman–Crippen LogP) is 3.74. The highest BCUT2D eigenvalue weighted by molar-refractivity contribution is 5.83. The molecule has 1 fully saturated rings. The molecule has 0 unspecified atom stereocenters. The van der Waals surface area contributed by atoms with Crippen LogP contribution >= 0.6 is 0 Å². The smallest absolute Gasteiger partial charge is 0.254 e. The van der Waals surface area contributed by atoms with Gasteiger partial charge in [0.05, 0.1) is 20.3 Å². The first-order valence-electron chi connectivity index (χ1n) is 10.7. The molecule has 6 heteroatoms. The van der Waals surface area contributed by atoms with Crippen molar-refractivity contribution in [3.63, 3.8) is 0 Å². The molecule has 1 aromatic heterocycles. The fourth-order valence-electron chi connectivity index (χ4n) is 4.63. The molecule has 1 aliphatic carbocycles. The van der Waals surface area contributed by atoms with Gasteiger partial charge in [-0.2, -0.15) is 0 Å². The van der Waals surface area contributed by atoms with E-state index in [2.05, 4.69) is 11.1 Å². The van der Waals surface area contributed by atoms with E-state index in [0.29, 0.717) is 23.6 Å². The third-order valence-electron chi connectivity index (χ3n) is 6.41. The Morgan fingerprint density at radius 3 is 2.48 bits per heavy atom. The maximum absolute atomic E-state index is 13.2. The van der Waals surface area contributed by atoms with Crippen molar-refractivity contribution in [2.24, 2.45) is 5.92 Å². The lowest BCUT2D eigenvalue weighted by Gasteiger charge is -2.38. The monoisotopic (exact) mass is 418 g/mol. The highest BCUT2D eigenvalue weighted by Crippen LogP contribution is 2.43. The molecule has 1 saturated carbocycles. The topological polar surface area (TPSA) is 71.6 Å². The Labute approximate surface area is 180 Å². The number of rotatable bonds is 4. The van der Waals surface area contributed by atoms with E-state index in [0.717, 1.165) is 46.9 Å². The van der Waals surface area contributed by atoms with Crippen molar-refractivity contribution in [1.82, 2.24) is 9.88 Å². The molecule has 31 heavy (non-hydrogen) atoms. The number of aromatic amines is 1. The fourth-order valence-corrected chi connectivity index (χ4v) is 4.63. The maximum atomic E-state index is 13.2. The van der Waals surface area contributed by atoms with Crippen molar-refractivity contribution in [1.29, 1.82) is 0 Å². The summed E-state index contributed by atoms with van der Waals surface area (Å²) >= 11 is 0. The van der Waals surface area contributed by atoms with Crippen molar-refractivity contribution >= 4 is 16.8 Å². The van der Waals surface area contributed by atoms with Gasteiger partial charge in [0.2, 0.25) is 5.91 Å². The third-order valence-corrected chi connectivity index (χ3v) is 6.41. The van der Waals surface area contributed by atoms with Gasteiger partial charge in [-0.15, -0.1) is 0 Å². The standard InChI is InChI=1S/C25H26N2O4/c1-14-4-7-20-17(10-14)11-19(24(28)26-20)23-18-13-22(31-3)21(30-2)12-16(18)8-9-27(23)25(29)15-5-6-15/h4,7,10-13,15,23H,5-6,8-9H2,1-3H3,(H,26,28)/t23-/m0/s1. The van der Waals surface area contributed by atoms with Crippen molar-refractivity contribution < 1.29 is 14.3 Å². The lowest BCUT2D eigenvalue weighted by Crippen LogP contribution is -2.43. The van der Waals surface area contributed by atoms with Crippen LogP contribution in [0, 0.1) is 12.8 Å². The largest absolute Gasteiger partial charge is 0.493 e. The molecule has 2 heterocycles. The number of ether oxygens (including phenoxy) is 2. The summed E-state index contributed by atoms with van der Waals surface area (Å²) in [6.45, 7) is 2.61. The molecule has 6 nitrogen and oxygen atoms in total. The second-order valence-corrected chi connectivity index (χ2v) is 8.51. The van der Waals surface area contributed by atoms with Gasteiger partial charge in [0.25, 0.3) is 5.56 Å². The van der Waals surface area contributed by atoms with Crippen LogP contribution in [0.5, 0.6) is 11.5 Å². The van der Waals surface area contributed by atoms with Gasteiger partial charge in [0, 0.05) is 23.5 Å². The van der Waals surface area contributed by atoms with E-state index in [1.54, 1.807) is 14.2 Å². The van der Waals surface area contributed by atoms with Gasteiger partial charge in [-0.3, -0.25) is 9.59 Å². The summed E-state index contributed by atoms with van der Waals surface area (Å²) in [5, 5.41) is 0.959. The van der Waals surface area contributed by atoms with Crippen LogP contribution < -0.4 is 15.0 Å². The van der Waals surface area contributed by atoms with Crippen LogP contribution in [-0.4, -0.2) is 36.6 Å². The maximum Gasteiger partial charge on any atom is 0.254 e. The van der Waals surface area contributed by atoms with Gasteiger partial charge in [-0.05, 0) is 73.0 Å². The molecule has 160 valence electrons. The van der Waals surface area contributed by atoms with Gasteiger partial charge in [-0.1, -0.05) is 11.6 Å². The molecule has 0 bridgehead atoms. The summed E-state index contributed by atoms with van der Waals surface area (Å²) in [6.07, 6.45) is 2.57. The Morgan fingerprint density at radius 1 is 1.03 bits per heavy atom. The summed E-state index contributed by atoms with van der Waals surface area (Å²) in [4.78, 5) is 31.3. The van der Waals surface area contributed by atoms with Crippen LogP contribution in [-0.2, 0) is 11.2 Å². The highest BCUT2D eigenvalue weighted by atomic mass is 16.5. The summed E-state index contributed by atoms with van der Waals surface area (Å²) in [7, 11) is 3.21. The number of benzene rings is 2. The van der Waals surface area contributed by atoms with Crippen LogP contribution in [0.1, 0.15) is 41.1 Å². The first kappa shape index (κ1) is 19.7. The Hall–Kier alpha value is -3.28. The molecule has 1 aliphatic heterocycles. The van der Waals surface area contributed by atoms with Crippen LogP contribution in [0.3, 0.4) is 0 Å². The average molecular weight is 418 g/mol. The van der Waals surface area contributed by atoms with Gasteiger partial charge in [0.1, 0.15) is 0 Å². The molecule has 5 rings (SSSR count). The first-order chi connectivity index (χ1) is 15.0. The molecule has 0 spiro atoms. The summed E-state index contributed by atoms with van der Waals surface area (Å²) < 4.78 is 11.0. The van der Waals surface area contributed by atoms with E-state index in [9.17, 15) is 9.59 Å². The molecule has 1 N–H and O–H groups in total. The first-order valence-corrected chi connectivity index (χ1v) is 10.7. The second-order valence-electron chi connectivity index (χ2n) is 8.51. The number of hydrogen-bond donors (Lipinski definition) is 1. The zero-order chi connectivity index (χ0) is 21.7. The highest BCUT2D eigenvalue weighted by Gasteiger charge is 2.40. The van der Waals surface area contributed by atoms with E-state index >= 15 is 0 Å². The lowest BCUT2D eigenvalue weighted by atomic mass is 9.87. The van der Waals surface area contributed by atoms with E-state index in [4.69, 9.17) is 9.47 Å². The third kappa shape index (κ3) is 3.36. The van der Waals surface area contributed by atoms with Gasteiger partial charge in [0.15, 0.2) is 11.5 Å². The van der Waals surface area contributed by atoms with Crippen molar-refractivity contribution in [3.05, 3.63) is 69.0 Å². The molecule has 2 aromatic carbocycles.